The average molecular weight is 499 g/mol. The highest BCUT2D eigenvalue weighted by atomic mass is 79.9. The van der Waals surface area contributed by atoms with Gasteiger partial charge in [-0.3, -0.25) is 4.79 Å². The van der Waals surface area contributed by atoms with Crippen LogP contribution in [-0.4, -0.2) is 5.97 Å². The fourth-order valence-corrected chi connectivity index (χ4v) is 4.87. The van der Waals surface area contributed by atoms with E-state index in [4.69, 9.17) is 4.74 Å². The van der Waals surface area contributed by atoms with E-state index < -0.39 is 11.0 Å². The zero-order valence-corrected chi connectivity index (χ0v) is 21.6. The van der Waals surface area contributed by atoms with Gasteiger partial charge in [-0.15, -0.1) is 0 Å². The van der Waals surface area contributed by atoms with Gasteiger partial charge in [0.25, 0.3) is 0 Å². The zero-order valence-electron chi connectivity index (χ0n) is 20.0. The molecule has 0 bridgehead atoms. The highest BCUT2D eigenvalue weighted by Crippen LogP contribution is 2.43. The van der Waals surface area contributed by atoms with Gasteiger partial charge in [0, 0.05) is 17.8 Å². The molecule has 0 amide bonds. The van der Waals surface area contributed by atoms with Gasteiger partial charge in [0.05, 0.1) is 11.5 Å². The summed E-state index contributed by atoms with van der Waals surface area (Å²) in [4.78, 5) is 12.2. The SMILES string of the molecule is CCC(CCC(CC(C)(C)C#N)(OC(C)=O)c1ccccc1)CC(C)c1ccc(Br)cc1. The van der Waals surface area contributed by atoms with Crippen molar-refractivity contribution in [3.63, 3.8) is 0 Å². The smallest absolute Gasteiger partial charge is 0.303 e. The van der Waals surface area contributed by atoms with Crippen molar-refractivity contribution in [1.82, 2.24) is 0 Å². The van der Waals surface area contributed by atoms with Gasteiger partial charge in [-0.1, -0.05) is 78.7 Å². The molecule has 2 aromatic carbocycles. The van der Waals surface area contributed by atoms with E-state index in [0.717, 1.165) is 29.3 Å². The van der Waals surface area contributed by atoms with Crippen molar-refractivity contribution in [3.8, 4) is 6.07 Å². The van der Waals surface area contributed by atoms with Crippen molar-refractivity contribution in [2.75, 3.05) is 0 Å². The molecule has 0 N–H and O–H groups in total. The lowest BCUT2D eigenvalue weighted by atomic mass is 9.73. The summed E-state index contributed by atoms with van der Waals surface area (Å²) in [6, 6.07) is 20.9. The van der Waals surface area contributed by atoms with E-state index in [0.29, 0.717) is 24.7 Å². The van der Waals surface area contributed by atoms with E-state index in [1.807, 2.05) is 44.2 Å². The highest BCUT2D eigenvalue weighted by molar-refractivity contribution is 9.10. The second kappa shape index (κ2) is 11.7. The van der Waals surface area contributed by atoms with Crippen LogP contribution in [0, 0.1) is 22.7 Å². The Hall–Kier alpha value is -2.12. The number of nitriles is 1. The summed E-state index contributed by atoms with van der Waals surface area (Å²) in [6.07, 6.45) is 4.24. The molecule has 3 atom stereocenters. The molecule has 3 nitrogen and oxygen atoms in total. The van der Waals surface area contributed by atoms with Crippen LogP contribution in [0.3, 0.4) is 0 Å². The minimum Gasteiger partial charge on any atom is -0.454 e. The number of benzene rings is 2. The standard InChI is InChI=1S/C28H36BrNO2/c1-6-23(18-21(2)24-12-14-26(29)15-13-24)16-17-28(32-22(3)31,19-27(4,5)20-30)25-10-8-7-9-11-25/h7-15,21,23H,6,16-19H2,1-5H3. The fourth-order valence-electron chi connectivity index (χ4n) is 4.60. The van der Waals surface area contributed by atoms with Gasteiger partial charge in [0.1, 0.15) is 5.60 Å². The van der Waals surface area contributed by atoms with Crippen molar-refractivity contribution in [1.29, 1.82) is 5.26 Å². The van der Waals surface area contributed by atoms with E-state index in [1.54, 1.807) is 0 Å². The van der Waals surface area contributed by atoms with Crippen molar-refractivity contribution >= 4 is 21.9 Å². The minimum atomic E-state index is -0.805. The molecule has 0 aliphatic rings. The maximum Gasteiger partial charge on any atom is 0.303 e. The Labute approximate surface area is 202 Å². The maximum absolute atomic E-state index is 12.2. The first kappa shape index (κ1) is 26.1. The second-order valence-electron chi connectivity index (χ2n) is 9.63. The van der Waals surface area contributed by atoms with Crippen molar-refractivity contribution in [2.24, 2.45) is 11.3 Å². The first-order valence-corrected chi connectivity index (χ1v) is 12.3. The van der Waals surface area contributed by atoms with Gasteiger partial charge in [-0.2, -0.15) is 5.26 Å². The Morgan fingerprint density at radius 3 is 2.28 bits per heavy atom. The lowest BCUT2D eigenvalue weighted by molar-refractivity contribution is -0.163. The van der Waals surface area contributed by atoms with Crippen molar-refractivity contribution < 1.29 is 9.53 Å². The number of ether oxygens (including phenoxy) is 1. The normalized spacial score (nSPS) is 15.3. The molecule has 0 fully saturated rings. The Morgan fingerprint density at radius 1 is 1.12 bits per heavy atom. The molecular weight excluding hydrogens is 462 g/mol. The van der Waals surface area contributed by atoms with E-state index >= 15 is 0 Å². The summed E-state index contributed by atoms with van der Waals surface area (Å²) in [7, 11) is 0. The molecule has 0 aromatic heterocycles. The van der Waals surface area contributed by atoms with E-state index in [-0.39, 0.29) is 5.97 Å². The molecule has 2 rings (SSSR count). The third kappa shape index (κ3) is 7.48. The number of esters is 1. The molecule has 0 heterocycles. The number of hydrogen-bond donors (Lipinski definition) is 0. The first-order valence-electron chi connectivity index (χ1n) is 11.5. The van der Waals surface area contributed by atoms with E-state index in [9.17, 15) is 10.1 Å². The van der Waals surface area contributed by atoms with Gasteiger partial charge in [-0.05, 0) is 68.2 Å². The lowest BCUT2D eigenvalue weighted by Crippen LogP contribution is -2.37. The molecule has 0 aliphatic carbocycles. The number of carbonyl (C=O) groups excluding carboxylic acids is 1. The van der Waals surface area contributed by atoms with Crippen LogP contribution in [0.25, 0.3) is 0 Å². The Morgan fingerprint density at radius 2 is 1.75 bits per heavy atom. The summed E-state index contributed by atoms with van der Waals surface area (Å²) in [5.74, 6) is 0.639. The molecule has 0 saturated heterocycles. The summed E-state index contributed by atoms with van der Waals surface area (Å²) in [6.45, 7) is 9.81. The number of carbonyl (C=O) groups is 1. The largest absolute Gasteiger partial charge is 0.454 e. The lowest BCUT2D eigenvalue weighted by Gasteiger charge is -2.38. The van der Waals surface area contributed by atoms with E-state index in [2.05, 4.69) is 60.1 Å². The molecule has 4 heteroatoms. The van der Waals surface area contributed by atoms with Gasteiger partial charge < -0.3 is 4.74 Å². The predicted molar refractivity (Wildman–Crippen MR) is 134 cm³/mol. The van der Waals surface area contributed by atoms with Crippen LogP contribution in [0.2, 0.25) is 0 Å². The number of halogens is 1. The first-order chi connectivity index (χ1) is 15.1. The van der Waals surface area contributed by atoms with Crippen LogP contribution in [-0.2, 0) is 15.1 Å². The van der Waals surface area contributed by atoms with Crippen molar-refractivity contribution in [3.05, 3.63) is 70.2 Å². The number of rotatable bonds is 11. The van der Waals surface area contributed by atoms with E-state index in [1.165, 1.54) is 12.5 Å². The monoisotopic (exact) mass is 497 g/mol. The number of hydrogen-bond acceptors (Lipinski definition) is 3. The summed E-state index contributed by atoms with van der Waals surface area (Å²) in [5.41, 5.74) is 0.888. The molecule has 3 unspecified atom stereocenters. The summed E-state index contributed by atoms with van der Waals surface area (Å²) < 4.78 is 7.16. The average Bonchev–Trinajstić information content (AvgIpc) is 2.76. The molecule has 0 radical (unpaired) electrons. The topological polar surface area (TPSA) is 50.1 Å². The fraction of sp³-hybridized carbons (Fsp3) is 0.500. The molecule has 32 heavy (non-hydrogen) atoms. The van der Waals surface area contributed by atoms with Crippen LogP contribution < -0.4 is 0 Å². The zero-order chi connectivity index (χ0) is 23.8. The quantitative estimate of drug-likeness (QED) is 0.294. The third-order valence-corrected chi connectivity index (χ3v) is 6.86. The summed E-state index contributed by atoms with van der Waals surface area (Å²) in [5, 5.41) is 9.73. The molecule has 0 spiro atoms. The molecule has 0 saturated carbocycles. The van der Waals surface area contributed by atoms with Crippen LogP contribution >= 0.6 is 15.9 Å². The van der Waals surface area contributed by atoms with Crippen LogP contribution in [0.5, 0.6) is 0 Å². The third-order valence-electron chi connectivity index (χ3n) is 6.33. The molecule has 2 aromatic rings. The Bertz CT molecular complexity index is 901. The minimum absolute atomic E-state index is 0.307. The van der Waals surface area contributed by atoms with Crippen LogP contribution in [0.1, 0.15) is 83.8 Å². The van der Waals surface area contributed by atoms with Crippen molar-refractivity contribution in [2.45, 2.75) is 78.2 Å². The van der Waals surface area contributed by atoms with Gasteiger partial charge in [-0.25, -0.2) is 0 Å². The molecule has 172 valence electrons. The second-order valence-corrected chi connectivity index (χ2v) is 10.5. The predicted octanol–water partition coefficient (Wildman–Crippen LogP) is 8.15. The Balaban J connectivity index is 2.27. The van der Waals surface area contributed by atoms with Gasteiger partial charge in [0.2, 0.25) is 0 Å². The molecule has 0 aliphatic heterocycles. The Kier molecular flexibility index (Phi) is 9.52. The van der Waals surface area contributed by atoms with Crippen LogP contribution in [0.4, 0.5) is 0 Å². The number of nitrogens with zero attached hydrogens (tertiary/aromatic N) is 1. The van der Waals surface area contributed by atoms with Gasteiger partial charge >= 0.3 is 5.97 Å². The van der Waals surface area contributed by atoms with Gasteiger partial charge in [0.15, 0.2) is 0 Å². The maximum atomic E-state index is 12.2. The summed E-state index contributed by atoms with van der Waals surface area (Å²) >= 11 is 3.51. The highest BCUT2D eigenvalue weighted by Gasteiger charge is 2.41. The molecular formula is C28H36BrNO2. The van der Waals surface area contributed by atoms with Crippen LogP contribution in [0.15, 0.2) is 59.1 Å².